The number of benzene rings is 1. The topological polar surface area (TPSA) is 78.7 Å². The Kier molecular flexibility index (Phi) is 4.67. The van der Waals surface area contributed by atoms with Crippen LogP contribution in [0.2, 0.25) is 0 Å². The summed E-state index contributed by atoms with van der Waals surface area (Å²) in [4.78, 5) is 27.6. The van der Waals surface area contributed by atoms with Crippen molar-refractivity contribution in [1.29, 1.82) is 0 Å². The van der Waals surface area contributed by atoms with Gasteiger partial charge in [-0.2, -0.15) is 0 Å². The third kappa shape index (κ3) is 3.65. The van der Waals surface area contributed by atoms with Gasteiger partial charge in [-0.25, -0.2) is 0 Å². The van der Waals surface area contributed by atoms with Crippen LogP contribution in [0, 0.1) is 0 Å². The van der Waals surface area contributed by atoms with Crippen molar-refractivity contribution in [3.05, 3.63) is 23.8 Å². The predicted molar refractivity (Wildman–Crippen MR) is 83.3 cm³/mol. The number of carbonyl (C=O) groups excluding carboxylic acids is 2. The minimum Gasteiger partial charge on any atom is -0.397 e. The number of nitrogen functional groups attached to an aromatic ring is 1. The molecule has 1 aromatic carbocycles. The maximum atomic E-state index is 12.0. The number of amides is 2. The molecule has 0 spiro atoms. The molecule has 0 radical (unpaired) electrons. The van der Waals surface area contributed by atoms with Gasteiger partial charge in [0.15, 0.2) is 0 Å². The van der Waals surface area contributed by atoms with E-state index >= 15 is 0 Å². The largest absolute Gasteiger partial charge is 0.397 e. The summed E-state index contributed by atoms with van der Waals surface area (Å²) in [6.45, 7) is 1.62. The highest BCUT2D eigenvalue weighted by molar-refractivity contribution is 5.98. The Morgan fingerprint density at radius 1 is 1.29 bits per heavy atom. The van der Waals surface area contributed by atoms with Crippen LogP contribution in [0.5, 0.6) is 0 Å². The van der Waals surface area contributed by atoms with Gasteiger partial charge in [0.2, 0.25) is 5.91 Å². The van der Waals surface area contributed by atoms with Crippen LogP contribution in [-0.4, -0.2) is 50.4 Å². The van der Waals surface area contributed by atoms with E-state index < -0.39 is 0 Å². The molecule has 2 rings (SSSR count). The minimum absolute atomic E-state index is 0.0290. The maximum Gasteiger partial charge on any atom is 0.251 e. The smallest absolute Gasteiger partial charge is 0.251 e. The molecular formula is C15H22N4O2. The molecular weight excluding hydrogens is 268 g/mol. The number of hydrogen-bond donors (Lipinski definition) is 2. The van der Waals surface area contributed by atoms with Crippen molar-refractivity contribution in [3.63, 3.8) is 0 Å². The summed E-state index contributed by atoms with van der Waals surface area (Å²) in [5, 5.41) is 2.65. The molecule has 0 aromatic heterocycles. The van der Waals surface area contributed by atoms with Crippen molar-refractivity contribution in [2.45, 2.75) is 12.8 Å². The average Bonchev–Trinajstić information content (AvgIpc) is 2.98. The molecule has 1 aliphatic rings. The number of rotatable bonds is 4. The molecule has 3 N–H and O–H groups in total. The first-order valence-electron chi connectivity index (χ1n) is 7.12. The Bertz CT molecular complexity index is 536. The fourth-order valence-electron chi connectivity index (χ4n) is 2.44. The van der Waals surface area contributed by atoms with Crippen molar-refractivity contribution < 1.29 is 9.59 Å². The van der Waals surface area contributed by atoms with E-state index in [1.165, 1.54) is 0 Å². The first-order chi connectivity index (χ1) is 9.99. The van der Waals surface area contributed by atoms with Gasteiger partial charge in [-0.05, 0) is 31.0 Å². The molecule has 6 nitrogen and oxygen atoms in total. The summed E-state index contributed by atoms with van der Waals surface area (Å²) in [6.07, 6.45) is 2.09. The molecule has 0 bridgehead atoms. The van der Waals surface area contributed by atoms with Crippen LogP contribution in [0.25, 0.3) is 0 Å². The highest BCUT2D eigenvalue weighted by Crippen LogP contribution is 2.22. The Morgan fingerprint density at radius 2 is 1.95 bits per heavy atom. The van der Waals surface area contributed by atoms with E-state index in [0.717, 1.165) is 31.6 Å². The van der Waals surface area contributed by atoms with Crippen LogP contribution in [0.3, 0.4) is 0 Å². The van der Waals surface area contributed by atoms with E-state index in [1.807, 2.05) is 19.0 Å². The normalized spacial score (nSPS) is 14.1. The van der Waals surface area contributed by atoms with Crippen molar-refractivity contribution in [2.75, 3.05) is 44.4 Å². The van der Waals surface area contributed by atoms with E-state index in [4.69, 9.17) is 5.73 Å². The average molecular weight is 290 g/mol. The van der Waals surface area contributed by atoms with Gasteiger partial charge in [-0.15, -0.1) is 0 Å². The van der Waals surface area contributed by atoms with Crippen LogP contribution < -0.4 is 16.0 Å². The highest BCUT2D eigenvalue weighted by Gasteiger charge is 2.18. The summed E-state index contributed by atoms with van der Waals surface area (Å²) in [5.41, 5.74) is 7.79. The molecule has 1 aliphatic heterocycles. The Labute approximate surface area is 124 Å². The van der Waals surface area contributed by atoms with Crippen molar-refractivity contribution in [2.24, 2.45) is 0 Å². The second kappa shape index (κ2) is 6.47. The standard InChI is InChI=1S/C15H22N4O2/c1-18(2)13-6-5-11(9-12(13)16)15(21)17-10-14(20)19-7-3-4-8-19/h5-6,9H,3-4,7-8,10,16H2,1-2H3,(H,17,21). The molecule has 1 fully saturated rings. The van der Waals surface area contributed by atoms with Crippen molar-refractivity contribution in [3.8, 4) is 0 Å². The zero-order valence-electron chi connectivity index (χ0n) is 12.6. The van der Waals surface area contributed by atoms with Crippen LogP contribution in [-0.2, 0) is 4.79 Å². The number of anilines is 2. The lowest BCUT2D eigenvalue weighted by atomic mass is 10.1. The van der Waals surface area contributed by atoms with Gasteiger partial charge in [0.25, 0.3) is 5.91 Å². The third-order valence-electron chi connectivity index (χ3n) is 3.63. The number of carbonyl (C=O) groups is 2. The molecule has 0 unspecified atom stereocenters. The Balaban J connectivity index is 1.94. The van der Waals surface area contributed by atoms with E-state index in [2.05, 4.69) is 5.32 Å². The predicted octanol–water partition coefficient (Wildman–Crippen LogP) is 0.687. The van der Waals surface area contributed by atoms with E-state index in [0.29, 0.717) is 11.3 Å². The number of nitrogens with one attached hydrogen (secondary N) is 1. The minimum atomic E-state index is -0.278. The second-order valence-electron chi connectivity index (χ2n) is 5.44. The summed E-state index contributed by atoms with van der Waals surface area (Å²) in [7, 11) is 3.78. The van der Waals surface area contributed by atoms with Gasteiger partial charge in [0.05, 0.1) is 17.9 Å². The van der Waals surface area contributed by atoms with Gasteiger partial charge in [-0.1, -0.05) is 0 Å². The molecule has 21 heavy (non-hydrogen) atoms. The zero-order chi connectivity index (χ0) is 15.4. The summed E-state index contributed by atoms with van der Waals surface area (Å²) in [5.74, 6) is -0.307. The molecule has 114 valence electrons. The second-order valence-corrected chi connectivity index (χ2v) is 5.44. The van der Waals surface area contributed by atoms with Crippen LogP contribution >= 0.6 is 0 Å². The van der Waals surface area contributed by atoms with Crippen LogP contribution in [0.15, 0.2) is 18.2 Å². The lowest BCUT2D eigenvalue weighted by Crippen LogP contribution is -2.38. The first kappa shape index (κ1) is 15.2. The molecule has 0 aliphatic carbocycles. The molecule has 6 heteroatoms. The first-order valence-corrected chi connectivity index (χ1v) is 7.12. The quantitative estimate of drug-likeness (QED) is 0.800. The lowest BCUT2D eigenvalue weighted by Gasteiger charge is -2.17. The number of likely N-dealkylation sites (tertiary alicyclic amines) is 1. The maximum absolute atomic E-state index is 12.0. The van der Waals surface area contributed by atoms with Crippen molar-refractivity contribution >= 4 is 23.2 Å². The van der Waals surface area contributed by atoms with Crippen molar-refractivity contribution in [1.82, 2.24) is 10.2 Å². The molecule has 2 amide bonds. The molecule has 0 atom stereocenters. The fraction of sp³-hybridized carbons (Fsp3) is 0.467. The van der Waals surface area contributed by atoms with Gasteiger partial charge in [0, 0.05) is 32.7 Å². The van der Waals surface area contributed by atoms with Gasteiger partial charge < -0.3 is 20.9 Å². The summed E-state index contributed by atoms with van der Waals surface area (Å²) in [6, 6.07) is 5.14. The van der Waals surface area contributed by atoms with E-state index in [-0.39, 0.29) is 18.4 Å². The third-order valence-corrected chi connectivity index (χ3v) is 3.63. The number of nitrogens with zero attached hydrogens (tertiary/aromatic N) is 2. The number of nitrogens with two attached hydrogens (primary N) is 1. The molecule has 0 saturated carbocycles. The lowest BCUT2D eigenvalue weighted by molar-refractivity contribution is -0.129. The highest BCUT2D eigenvalue weighted by atomic mass is 16.2. The van der Waals surface area contributed by atoms with Gasteiger partial charge in [0.1, 0.15) is 0 Å². The summed E-state index contributed by atoms with van der Waals surface area (Å²) < 4.78 is 0. The zero-order valence-corrected chi connectivity index (χ0v) is 12.6. The Morgan fingerprint density at radius 3 is 2.52 bits per heavy atom. The van der Waals surface area contributed by atoms with Gasteiger partial charge >= 0.3 is 0 Å². The molecule has 1 aromatic rings. The molecule has 1 saturated heterocycles. The van der Waals surface area contributed by atoms with Crippen LogP contribution in [0.4, 0.5) is 11.4 Å². The van der Waals surface area contributed by atoms with Crippen LogP contribution in [0.1, 0.15) is 23.2 Å². The number of hydrogen-bond acceptors (Lipinski definition) is 4. The Hall–Kier alpha value is -2.24. The van der Waals surface area contributed by atoms with Gasteiger partial charge in [-0.3, -0.25) is 9.59 Å². The SMILES string of the molecule is CN(C)c1ccc(C(=O)NCC(=O)N2CCCC2)cc1N. The summed E-state index contributed by atoms with van der Waals surface area (Å²) >= 11 is 0. The monoisotopic (exact) mass is 290 g/mol. The molecule has 1 heterocycles. The van der Waals surface area contributed by atoms with E-state index in [1.54, 1.807) is 23.1 Å². The van der Waals surface area contributed by atoms with E-state index in [9.17, 15) is 9.59 Å². The fourth-order valence-corrected chi connectivity index (χ4v) is 2.44.